The third-order valence-corrected chi connectivity index (χ3v) is 4.51. The summed E-state index contributed by atoms with van der Waals surface area (Å²) in [6.45, 7) is 8.84. The highest BCUT2D eigenvalue weighted by atomic mass is 32.1. The number of rotatable bonds is 8. The van der Waals surface area contributed by atoms with E-state index in [9.17, 15) is 0 Å². The van der Waals surface area contributed by atoms with Gasteiger partial charge in [0.25, 0.3) is 0 Å². The van der Waals surface area contributed by atoms with Crippen molar-refractivity contribution < 1.29 is 4.42 Å². The minimum Gasteiger partial charge on any atom is -0.469 e. The minimum absolute atomic E-state index is 0.332. The third kappa shape index (κ3) is 6.06. The SMILES string of the molecule is CCCNC(=NCC(C)c1ncc(C)s1)NCCc1ccco1. The lowest BCUT2D eigenvalue weighted by molar-refractivity contribution is 0.506. The quantitative estimate of drug-likeness (QED) is 0.574. The lowest BCUT2D eigenvalue weighted by atomic mass is 10.2. The molecular formula is C17H26N4OS. The molecule has 0 amide bonds. The fourth-order valence-electron chi connectivity index (χ4n) is 2.08. The van der Waals surface area contributed by atoms with Crippen LogP contribution >= 0.6 is 11.3 Å². The Labute approximate surface area is 142 Å². The van der Waals surface area contributed by atoms with Crippen LogP contribution in [0.25, 0.3) is 0 Å². The van der Waals surface area contributed by atoms with E-state index in [2.05, 4.69) is 36.4 Å². The molecule has 2 aromatic heterocycles. The summed E-state index contributed by atoms with van der Waals surface area (Å²) in [7, 11) is 0. The molecule has 2 heterocycles. The topological polar surface area (TPSA) is 62.5 Å². The number of aryl methyl sites for hydroxylation is 1. The number of furan rings is 1. The van der Waals surface area contributed by atoms with Crippen LogP contribution in [0.1, 0.15) is 41.8 Å². The van der Waals surface area contributed by atoms with Crippen molar-refractivity contribution in [3.05, 3.63) is 40.2 Å². The maximum atomic E-state index is 5.35. The molecule has 0 fully saturated rings. The molecule has 2 rings (SSSR count). The molecule has 2 aromatic rings. The maximum absolute atomic E-state index is 5.35. The molecule has 0 saturated carbocycles. The van der Waals surface area contributed by atoms with E-state index in [-0.39, 0.29) is 0 Å². The molecule has 6 heteroatoms. The number of aromatic nitrogens is 1. The zero-order valence-corrected chi connectivity index (χ0v) is 14.9. The van der Waals surface area contributed by atoms with Crippen LogP contribution in [-0.4, -0.2) is 30.6 Å². The van der Waals surface area contributed by atoms with Crippen LogP contribution in [0.15, 0.2) is 34.0 Å². The Morgan fingerprint density at radius 1 is 1.39 bits per heavy atom. The van der Waals surface area contributed by atoms with Gasteiger partial charge in [0.15, 0.2) is 5.96 Å². The molecule has 0 aliphatic heterocycles. The highest BCUT2D eigenvalue weighted by molar-refractivity contribution is 7.11. The predicted molar refractivity (Wildman–Crippen MR) is 96.3 cm³/mol. The van der Waals surface area contributed by atoms with Crippen molar-refractivity contribution in [2.75, 3.05) is 19.6 Å². The Morgan fingerprint density at radius 2 is 2.22 bits per heavy atom. The van der Waals surface area contributed by atoms with Crippen LogP contribution in [0.3, 0.4) is 0 Å². The Hall–Kier alpha value is -1.82. The first-order valence-electron chi connectivity index (χ1n) is 8.16. The summed E-state index contributed by atoms with van der Waals surface area (Å²) in [5.41, 5.74) is 0. The molecule has 126 valence electrons. The molecule has 1 unspecified atom stereocenters. The first kappa shape index (κ1) is 17.5. The summed E-state index contributed by atoms with van der Waals surface area (Å²) in [5, 5.41) is 7.87. The molecule has 1 atom stereocenters. The largest absolute Gasteiger partial charge is 0.469 e. The van der Waals surface area contributed by atoms with Gasteiger partial charge in [0.05, 0.1) is 17.8 Å². The summed E-state index contributed by atoms with van der Waals surface area (Å²) >= 11 is 1.75. The molecule has 0 aliphatic rings. The van der Waals surface area contributed by atoms with Gasteiger partial charge < -0.3 is 15.1 Å². The fourth-order valence-corrected chi connectivity index (χ4v) is 2.90. The lowest BCUT2D eigenvalue weighted by Gasteiger charge is -2.13. The van der Waals surface area contributed by atoms with Crippen molar-refractivity contribution >= 4 is 17.3 Å². The molecule has 0 spiro atoms. The molecule has 0 aliphatic carbocycles. The Bertz CT molecular complexity index is 592. The van der Waals surface area contributed by atoms with Gasteiger partial charge in [0.2, 0.25) is 0 Å². The van der Waals surface area contributed by atoms with E-state index in [0.29, 0.717) is 5.92 Å². The Kier molecular flexibility index (Phi) is 7.13. The van der Waals surface area contributed by atoms with Crippen LogP contribution in [0.4, 0.5) is 0 Å². The van der Waals surface area contributed by atoms with Crippen LogP contribution in [-0.2, 0) is 6.42 Å². The van der Waals surface area contributed by atoms with E-state index in [4.69, 9.17) is 9.41 Å². The molecule has 5 nitrogen and oxygen atoms in total. The van der Waals surface area contributed by atoms with Crippen molar-refractivity contribution in [3.63, 3.8) is 0 Å². The van der Waals surface area contributed by atoms with E-state index < -0.39 is 0 Å². The summed E-state index contributed by atoms with van der Waals surface area (Å²) in [6.07, 6.45) is 5.55. The van der Waals surface area contributed by atoms with Crippen LogP contribution in [0.5, 0.6) is 0 Å². The number of nitrogens with one attached hydrogen (secondary N) is 2. The second-order valence-corrected chi connectivity index (χ2v) is 6.85. The lowest BCUT2D eigenvalue weighted by Crippen LogP contribution is -2.39. The summed E-state index contributed by atoms with van der Waals surface area (Å²) in [4.78, 5) is 10.4. The van der Waals surface area contributed by atoms with Crippen molar-refractivity contribution in [3.8, 4) is 0 Å². The monoisotopic (exact) mass is 334 g/mol. The van der Waals surface area contributed by atoms with E-state index in [0.717, 1.165) is 49.2 Å². The molecule has 0 radical (unpaired) electrons. The smallest absolute Gasteiger partial charge is 0.191 e. The van der Waals surface area contributed by atoms with Gasteiger partial charge in [-0.25, -0.2) is 4.98 Å². The van der Waals surface area contributed by atoms with Gasteiger partial charge in [0, 0.05) is 36.5 Å². The number of hydrogen-bond donors (Lipinski definition) is 2. The molecule has 2 N–H and O–H groups in total. The molecule has 0 aromatic carbocycles. The van der Waals surface area contributed by atoms with Crippen molar-refractivity contribution in [2.45, 2.75) is 39.5 Å². The number of hydrogen-bond acceptors (Lipinski definition) is 4. The second-order valence-electron chi connectivity index (χ2n) is 5.58. The molecule has 23 heavy (non-hydrogen) atoms. The Balaban J connectivity index is 1.85. The summed E-state index contributed by atoms with van der Waals surface area (Å²) < 4.78 is 5.35. The van der Waals surface area contributed by atoms with Crippen LogP contribution in [0.2, 0.25) is 0 Å². The van der Waals surface area contributed by atoms with Gasteiger partial charge in [-0.05, 0) is 25.5 Å². The van der Waals surface area contributed by atoms with Gasteiger partial charge in [-0.1, -0.05) is 13.8 Å². The first-order chi connectivity index (χ1) is 11.2. The van der Waals surface area contributed by atoms with Gasteiger partial charge in [-0.3, -0.25) is 4.99 Å². The average Bonchev–Trinajstić information content (AvgIpc) is 3.20. The summed E-state index contributed by atoms with van der Waals surface area (Å²) in [5.74, 6) is 2.18. The number of guanidine groups is 1. The van der Waals surface area contributed by atoms with Crippen LogP contribution < -0.4 is 10.6 Å². The third-order valence-electron chi connectivity index (χ3n) is 3.37. The van der Waals surface area contributed by atoms with Gasteiger partial charge in [-0.15, -0.1) is 11.3 Å². The van der Waals surface area contributed by atoms with E-state index in [1.807, 2.05) is 18.3 Å². The Morgan fingerprint density at radius 3 is 2.87 bits per heavy atom. The van der Waals surface area contributed by atoms with Gasteiger partial charge in [0.1, 0.15) is 5.76 Å². The number of thiazole rings is 1. The number of nitrogens with zero attached hydrogens (tertiary/aromatic N) is 2. The van der Waals surface area contributed by atoms with E-state index >= 15 is 0 Å². The number of aliphatic imine (C=N–C) groups is 1. The maximum Gasteiger partial charge on any atom is 0.191 e. The van der Waals surface area contributed by atoms with Crippen molar-refractivity contribution in [1.82, 2.24) is 15.6 Å². The van der Waals surface area contributed by atoms with Crippen LogP contribution in [0, 0.1) is 6.92 Å². The van der Waals surface area contributed by atoms with Crippen molar-refractivity contribution in [1.29, 1.82) is 0 Å². The molecular weight excluding hydrogens is 308 g/mol. The van der Waals surface area contributed by atoms with Crippen molar-refractivity contribution in [2.24, 2.45) is 4.99 Å². The molecule has 0 saturated heterocycles. The average molecular weight is 334 g/mol. The standard InChI is InChI=1S/C17H26N4OS/c1-4-8-18-17(19-9-7-15-6-5-10-22-15)21-11-13(2)16-20-12-14(3)23-16/h5-6,10,12-13H,4,7-9,11H2,1-3H3,(H2,18,19,21). The normalized spacial score (nSPS) is 13.1. The zero-order chi connectivity index (χ0) is 16.5. The van der Waals surface area contributed by atoms with Gasteiger partial charge in [-0.2, -0.15) is 0 Å². The minimum atomic E-state index is 0.332. The van der Waals surface area contributed by atoms with E-state index in [1.54, 1.807) is 17.6 Å². The molecule has 0 bridgehead atoms. The highest BCUT2D eigenvalue weighted by Crippen LogP contribution is 2.21. The summed E-state index contributed by atoms with van der Waals surface area (Å²) in [6, 6.07) is 3.90. The fraction of sp³-hybridized carbons (Fsp3) is 0.529. The zero-order valence-electron chi connectivity index (χ0n) is 14.1. The van der Waals surface area contributed by atoms with Gasteiger partial charge >= 0.3 is 0 Å². The highest BCUT2D eigenvalue weighted by Gasteiger charge is 2.09. The predicted octanol–water partition coefficient (Wildman–Crippen LogP) is 3.34. The second kappa shape index (κ2) is 9.35. The van der Waals surface area contributed by atoms with E-state index in [1.165, 1.54) is 4.88 Å². The first-order valence-corrected chi connectivity index (χ1v) is 8.97.